The summed E-state index contributed by atoms with van der Waals surface area (Å²) in [6, 6.07) is 1.51. The van der Waals surface area contributed by atoms with Crippen molar-refractivity contribution in [3.63, 3.8) is 0 Å². The molecule has 4 N–H and O–H groups in total. The van der Waals surface area contributed by atoms with Crippen molar-refractivity contribution in [3.05, 3.63) is 11.9 Å². The van der Waals surface area contributed by atoms with E-state index in [1.165, 1.54) is 0 Å². The first-order chi connectivity index (χ1) is 9.52. The molecule has 1 fully saturated rings. The maximum Gasteiger partial charge on any atom is 0.158 e. The molecule has 0 aliphatic carbocycles. The van der Waals surface area contributed by atoms with E-state index in [9.17, 15) is 8.42 Å². The molecule has 2 rings (SSSR count). The fraction of sp³-hybridized carbons (Fsp3) is 0.636. The van der Waals surface area contributed by atoms with Gasteiger partial charge in [-0.05, 0) is 13.3 Å². The fourth-order valence-corrected chi connectivity index (χ4v) is 3.69. The largest absolute Gasteiger partial charge is 0.374 e. The van der Waals surface area contributed by atoms with E-state index in [1.807, 2.05) is 6.92 Å². The molecule has 1 aliphatic rings. The van der Waals surface area contributed by atoms with E-state index in [0.29, 0.717) is 30.5 Å². The Labute approximate surface area is 118 Å². The van der Waals surface area contributed by atoms with Gasteiger partial charge < -0.3 is 15.5 Å². The quantitative estimate of drug-likeness (QED) is 0.492. The monoisotopic (exact) mass is 301 g/mol. The van der Waals surface area contributed by atoms with Gasteiger partial charge in [0, 0.05) is 18.7 Å². The van der Waals surface area contributed by atoms with Gasteiger partial charge in [-0.2, -0.15) is 0 Å². The van der Waals surface area contributed by atoms with E-state index >= 15 is 0 Å². The number of nitrogen functional groups attached to an aromatic ring is 1. The number of sulfone groups is 1. The highest BCUT2D eigenvalue weighted by Crippen LogP contribution is 2.18. The number of hydrazine groups is 1. The highest BCUT2D eigenvalue weighted by Gasteiger charge is 2.28. The van der Waals surface area contributed by atoms with Gasteiger partial charge in [0.2, 0.25) is 0 Å². The summed E-state index contributed by atoms with van der Waals surface area (Å²) < 4.78 is 28.1. The van der Waals surface area contributed by atoms with Gasteiger partial charge in [0.1, 0.15) is 18.2 Å². The van der Waals surface area contributed by atoms with Crippen molar-refractivity contribution in [2.45, 2.75) is 26.0 Å². The molecule has 9 heteroatoms. The minimum atomic E-state index is -2.93. The van der Waals surface area contributed by atoms with E-state index in [0.717, 1.165) is 0 Å². The van der Waals surface area contributed by atoms with E-state index in [4.69, 9.17) is 10.6 Å². The van der Waals surface area contributed by atoms with Gasteiger partial charge in [-0.3, -0.25) is 0 Å². The van der Waals surface area contributed by atoms with Gasteiger partial charge >= 0.3 is 0 Å². The molecule has 112 valence electrons. The van der Waals surface area contributed by atoms with Crippen LogP contribution in [0, 0.1) is 0 Å². The van der Waals surface area contributed by atoms with Crippen molar-refractivity contribution >= 4 is 21.5 Å². The van der Waals surface area contributed by atoms with Crippen LogP contribution in [0.25, 0.3) is 0 Å². The van der Waals surface area contributed by atoms with Crippen molar-refractivity contribution in [2.75, 3.05) is 28.9 Å². The van der Waals surface area contributed by atoms with Crippen molar-refractivity contribution in [2.24, 2.45) is 5.84 Å². The van der Waals surface area contributed by atoms with Crippen LogP contribution in [0.1, 0.15) is 19.2 Å². The minimum Gasteiger partial charge on any atom is -0.374 e. The van der Waals surface area contributed by atoms with Crippen LogP contribution in [0.5, 0.6) is 0 Å². The lowest BCUT2D eigenvalue weighted by Gasteiger charge is -2.13. The third-order valence-electron chi connectivity index (χ3n) is 2.94. The summed E-state index contributed by atoms with van der Waals surface area (Å²) in [6.07, 6.45) is 0.582. The van der Waals surface area contributed by atoms with Crippen LogP contribution in [-0.2, 0) is 21.2 Å². The molecule has 0 aromatic carbocycles. The Morgan fingerprint density at radius 3 is 2.80 bits per heavy atom. The van der Waals surface area contributed by atoms with Crippen molar-refractivity contribution in [1.82, 2.24) is 9.97 Å². The zero-order valence-electron chi connectivity index (χ0n) is 11.3. The molecule has 2 heterocycles. The smallest absolute Gasteiger partial charge is 0.158 e. The Morgan fingerprint density at radius 2 is 2.20 bits per heavy atom. The molecule has 1 saturated heterocycles. The van der Waals surface area contributed by atoms with Crippen LogP contribution in [0.2, 0.25) is 0 Å². The number of nitrogens with zero attached hydrogens (tertiary/aromatic N) is 2. The zero-order chi connectivity index (χ0) is 14.6. The molecule has 0 amide bonds. The van der Waals surface area contributed by atoms with Crippen LogP contribution >= 0.6 is 0 Å². The molecule has 1 atom stereocenters. The highest BCUT2D eigenvalue weighted by atomic mass is 32.2. The molecule has 8 nitrogen and oxygen atoms in total. The van der Waals surface area contributed by atoms with Gasteiger partial charge in [0.15, 0.2) is 15.7 Å². The van der Waals surface area contributed by atoms with E-state index in [-0.39, 0.29) is 24.2 Å². The molecular weight excluding hydrogens is 282 g/mol. The Bertz CT molecular complexity index is 563. The first kappa shape index (κ1) is 14.9. The number of hydrogen-bond donors (Lipinski definition) is 3. The summed E-state index contributed by atoms with van der Waals surface area (Å²) in [5.41, 5.74) is 2.46. The molecule has 0 saturated carbocycles. The van der Waals surface area contributed by atoms with Gasteiger partial charge in [-0.15, -0.1) is 0 Å². The molecule has 20 heavy (non-hydrogen) atoms. The third-order valence-corrected chi connectivity index (χ3v) is 4.71. The molecular formula is C11H19N5O3S. The predicted octanol–water partition coefficient (Wildman–Crippen LogP) is -0.102. The number of rotatable bonds is 6. The predicted molar refractivity (Wildman–Crippen MR) is 75.9 cm³/mol. The van der Waals surface area contributed by atoms with Gasteiger partial charge in [0.05, 0.1) is 11.5 Å². The molecule has 1 aromatic rings. The van der Waals surface area contributed by atoms with Crippen molar-refractivity contribution in [1.29, 1.82) is 0 Å². The summed E-state index contributed by atoms with van der Waals surface area (Å²) in [5.74, 6) is 7.20. The number of anilines is 2. The maximum absolute atomic E-state index is 11.4. The molecule has 0 radical (unpaired) electrons. The number of aromatic nitrogens is 2. The van der Waals surface area contributed by atoms with Crippen LogP contribution in [0.4, 0.5) is 11.6 Å². The second kappa shape index (κ2) is 6.33. The lowest BCUT2D eigenvalue weighted by Crippen LogP contribution is -2.22. The number of nitrogens with one attached hydrogen (secondary N) is 2. The van der Waals surface area contributed by atoms with Crippen LogP contribution in [0.15, 0.2) is 6.07 Å². The topological polar surface area (TPSA) is 119 Å². The Kier molecular flexibility index (Phi) is 4.73. The molecule has 1 aliphatic heterocycles. The first-order valence-corrected chi connectivity index (χ1v) is 8.24. The van der Waals surface area contributed by atoms with Gasteiger partial charge in [-0.25, -0.2) is 24.2 Å². The van der Waals surface area contributed by atoms with Gasteiger partial charge in [-0.1, -0.05) is 0 Å². The maximum atomic E-state index is 11.4. The molecule has 1 unspecified atom stereocenters. The SMILES string of the molecule is CCOCc1nc(NN)cc(NC2CCS(=O)(=O)C2)n1. The summed E-state index contributed by atoms with van der Waals surface area (Å²) in [6.45, 7) is 2.73. The number of hydrogen-bond acceptors (Lipinski definition) is 8. The summed E-state index contributed by atoms with van der Waals surface area (Å²) in [4.78, 5) is 8.45. The molecule has 0 bridgehead atoms. The zero-order valence-corrected chi connectivity index (χ0v) is 12.1. The standard InChI is InChI=1S/C11H19N5O3S/c1-2-19-6-11-14-9(5-10(15-11)16-12)13-8-3-4-20(17,18)7-8/h5,8H,2-4,6-7,12H2,1H3,(H2,13,14,15,16). The average molecular weight is 301 g/mol. The van der Waals surface area contributed by atoms with Crippen molar-refractivity contribution < 1.29 is 13.2 Å². The fourth-order valence-electron chi connectivity index (χ4n) is 2.02. The average Bonchev–Trinajstić information content (AvgIpc) is 2.75. The summed E-state index contributed by atoms with van der Waals surface area (Å²) in [7, 11) is -2.93. The van der Waals surface area contributed by atoms with Gasteiger partial charge in [0.25, 0.3) is 0 Å². The van der Waals surface area contributed by atoms with E-state index < -0.39 is 9.84 Å². The summed E-state index contributed by atoms with van der Waals surface area (Å²) >= 11 is 0. The van der Waals surface area contributed by atoms with E-state index in [1.54, 1.807) is 6.07 Å². The minimum absolute atomic E-state index is 0.125. The highest BCUT2D eigenvalue weighted by molar-refractivity contribution is 7.91. The van der Waals surface area contributed by atoms with Crippen LogP contribution in [0.3, 0.4) is 0 Å². The Morgan fingerprint density at radius 1 is 1.45 bits per heavy atom. The van der Waals surface area contributed by atoms with E-state index in [2.05, 4.69) is 20.7 Å². The lowest BCUT2D eigenvalue weighted by atomic mass is 10.2. The van der Waals surface area contributed by atoms with Crippen LogP contribution < -0.4 is 16.6 Å². The number of ether oxygens (including phenoxy) is 1. The number of nitrogens with two attached hydrogens (primary N) is 1. The lowest BCUT2D eigenvalue weighted by molar-refractivity contribution is 0.128. The first-order valence-electron chi connectivity index (χ1n) is 6.41. The van der Waals surface area contributed by atoms with Crippen molar-refractivity contribution in [3.8, 4) is 0 Å². The summed E-state index contributed by atoms with van der Waals surface area (Å²) in [5, 5.41) is 3.11. The molecule has 1 aromatic heterocycles. The Balaban J connectivity index is 2.10. The second-order valence-corrected chi connectivity index (χ2v) is 6.81. The van der Waals surface area contributed by atoms with Crippen LogP contribution in [-0.4, -0.2) is 42.5 Å². The third kappa shape index (κ3) is 4.02. The molecule has 0 spiro atoms. The second-order valence-electron chi connectivity index (χ2n) is 4.58. The Hall–Kier alpha value is -1.45. The normalized spacial score (nSPS) is 20.8.